The highest BCUT2D eigenvalue weighted by atomic mass is 127. The van der Waals surface area contributed by atoms with Gasteiger partial charge in [0.25, 0.3) is 0 Å². The first-order valence-electron chi connectivity index (χ1n) is 4.64. The van der Waals surface area contributed by atoms with E-state index in [2.05, 4.69) is 55.6 Å². The van der Waals surface area contributed by atoms with Gasteiger partial charge in [0.1, 0.15) is 0 Å². The molecule has 0 bridgehead atoms. The van der Waals surface area contributed by atoms with Crippen LogP contribution in [0.15, 0.2) is 53.3 Å². The minimum atomic E-state index is -0.942. The Kier molecular flexibility index (Phi) is 6.13. The molecule has 0 saturated carbocycles. The zero-order chi connectivity index (χ0) is 12.7. The van der Waals surface area contributed by atoms with E-state index in [0.29, 0.717) is 0 Å². The number of halogens is 2. The summed E-state index contributed by atoms with van der Waals surface area (Å²) in [5.74, 6) is -0.942. The summed E-state index contributed by atoms with van der Waals surface area (Å²) in [6.45, 7) is 0. The molecule has 1 heterocycles. The van der Waals surface area contributed by atoms with Gasteiger partial charge in [0, 0.05) is 20.4 Å². The lowest BCUT2D eigenvalue weighted by molar-refractivity contribution is 0.0696. The van der Waals surface area contributed by atoms with Crippen LogP contribution in [0.4, 0.5) is 0 Å². The Hall–Kier alpha value is -0.950. The first-order valence-corrected chi connectivity index (χ1v) is 6.51. The summed E-state index contributed by atoms with van der Waals surface area (Å²) in [5.41, 5.74) is 0.220. The summed E-state index contributed by atoms with van der Waals surface area (Å²) in [7, 11) is 0. The molecule has 0 aliphatic heterocycles. The van der Waals surface area contributed by atoms with Crippen LogP contribution in [-0.4, -0.2) is 16.1 Å². The van der Waals surface area contributed by atoms with Gasteiger partial charge in [-0.15, -0.1) is 0 Å². The standard InChI is InChI=1S/C6H4BrI.C6H5NO2/c7-5-1-3-6(8)4-2-5;8-6(9)5-2-1-3-7-4-5/h1-4H;1-4H,(H,8,9). The predicted molar refractivity (Wildman–Crippen MR) is 78.1 cm³/mol. The summed E-state index contributed by atoms with van der Waals surface area (Å²) in [6, 6.07) is 11.3. The van der Waals surface area contributed by atoms with E-state index in [-0.39, 0.29) is 5.56 Å². The molecule has 0 radical (unpaired) electrons. The number of rotatable bonds is 1. The number of nitrogens with zero attached hydrogens (tertiary/aromatic N) is 1. The molecule has 3 nitrogen and oxygen atoms in total. The molecular formula is C12H9BrINO2. The van der Waals surface area contributed by atoms with Crippen molar-refractivity contribution in [1.82, 2.24) is 4.98 Å². The van der Waals surface area contributed by atoms with E-state index in [4.69, 9.17) is 5.11 Å². The van der Waals surface area contributed by atoms with Crippen LogP contribution in [0.5, 0.6) is 0 Å². The third kappa shape index (κ3) is 5.78. The van der Waals surface area contributed by atoms with E-state index in [1.807, 2.05) is 12.1 Å². The van der Waals surface area contributed by atoms with Gasteiger partial charge in [-0.1, -0.05) is 15.9 Å². The lowest BCUT2D eigenvalue weighted by Gasteiger charge is -1.87. The van der Waals surface area contributed by atoms with Crippen LogP contribution in [0.25, 0.3) is 0 Å². The van der Waals surface area contributed by atoms with Crippen LogP contribution in [0.1, 0.15) is 10.4 Å². The highest BCUT2D eigenvalue weighted by Gasteiger charge is 1.97. The van der Waals surface area contributed by atoms with Gasteiger partial charge >= 0.3 is 5.97 Å². The lowest BCUT2D eigenvalue weighted by atomic mass is 10.3. The molecule has 0 spiro atoms. The molecule has 2 rings (SSSR count). The molecule has 1 N–H and O–H groups in total. The Labute approximate surface area is 121 Å². The molecule has 88 valence electrons. The number of aromatic nitrogens is 1. The van der Waals surface area contributed by atoms with Gasteiger partial charge in [0.2, 0.25) is 0 Å². The van der Waals surface area contributed by atoms with E-state index in [9.17, 15) is 4.79 Å². The maximum absolute atomic E-state index is 10.2. The summed E-state index contributed by atoms with van der Waals surface area (Å²) in [4.78, 5) is 13.8. The van der Waals surface area contributed by atoms with Crippen molar-refractivity contribution in [3.8, 4) is 0 Å². The van der Waals surface area contributed by atoms with Crippen molar-refractivity contribution in [3.63, 3.8) is 0 Å². The van der Waals surface area contributed by atoms with Crippen molar-refractivity contribution in [2.24, 2.45) is 0 Å². The molecule has 0 amide bonds. The van der Waals surface area contributed by atoms with E-state index < -0.39 is 5.97 Å². The Bertz CT molecular complexity index is 453. The Balaban J connectivity index is 0.000000171. The van der Waals surface area contributed by atoms with Crippen LogP contribution >= 0.6 is 38.5 Å². The molecule has 2 aromatic rings. The number of carboxylic acids is 1. The topological polar surface area (TPSA) is 50.2 Å². The first-order chi connectivity index (χ1) is 8.09. The number of carboxylic acid groups (broad SMARTS) is 1. The van der Waals surface area contributed by atoms with Crippen LogP contribution in [-0.2, 0) is 0 Å². The molecule has 0 aliphatic carbocycles. The second-order valence-corrected chi connectivity index (χ2v) is 5.14. The highest BCUT2D eigenvalue weighted by Crippen LogP contribution is 2.11. The molecule has 0 atom stereocenters. The van der Waals surface area contributed by atoms with Crippen LogP contribution in [0, 0.1) is 3.57 Å². The zero-order valence-electron chi connectivity index (χ0n) is 8.68. The summed E-state index contributed by atoms with van der Waals surface area (Å²) in [6.07, 6.45) is 2.84. The highest BCUT2D eigenvalue weighted by molar-refractivity contribution is 14.1. The lowest BCUT2D eigenvalue weighted by Crippen LogP contribution is -1.94. The SMILES string of the molecule is Brc1ccc(I)cc1.O=C(O)c1cccnc1. The Morgan fingerprint density at radius 1 is 1.24 bits per heavy atom. The van der Waals surface area contributed by atoms with Gasteiger partial charge in [-0.2, -0.15) is 0 Å². The van der Waals surface area contributed by atoms with Crippen molar-refractivity contribution < 1.29 is 9.90 Å². The molecule has 0 unspecified atom stereocenters. The molecule has 0 fully saturated rings. The summed E-state index contributed by atoms with van der Waals surface area (Å²) >= 11 is 5.62. The molecule has 5 heteroatoms. The average molecular weight is 406 g/mol. The molecule has 0 saturated heterocycles. The largest absolute Gasteiger partial charge is 0.478 e. The fourth-order valence-electron chi connectivity index (χ4n) is 0.919. The first kappa shape index (κ1) is 14.1. The smallest absolute Gasteiger partial charge is 0.337 e. The third-order valence-corrected chi connectivity index (χ3v) is 2.96. The van der Waals surface area contributed by atoms with Crippen LogP contribution in [0.2, 0.25) is 0 Å². The fraction of sp³-hybridized carbons (Fsp3) is 0. The maximum atomic E-state index is 10.2. The van der Waals surface area contributed by atoms with Crippen LogP contribution < -0.4 is 0 Å². The Morgan fingerprint density at radius 3 is 2.24 bits per heavy atom. The third-order valence-electron chi connectivity index (χ3n) is 1.71. The van der Waals surface area contributed by atoms with Crippen molar-refractivity contribution in [2.75, 3.05) is 0 Å². The van der Waals surface area contributed by atoms with Crippen LogP contribution in [0.3, 0.4) is 0 Å². The maximum Gasteiger partial charge on any atom is 0.337 e. The summed E-state index contributed by atoms with van der Waals surface area (Å²) < 4.78 is 2.41. The molecular weight excluding hydrogens is 397 g/mol. The number of hydrogen-bond donors (Lipinski definition) is 1. The second-order valence-electron chi connectivity index (χ2n) is 2.98. The second kappa shape index (κ2) is 7.39. The Morgan fingerprint density at radius 2 is 1.88 bits per heavy atom. The van der Waals surface area contributed by atoms with Crippen molar-refractivity contribution in [3.05, 3.63) is 62.4 Å². The normalized spacial score (nSPS) is 9.06. The number of hydrogen-bond acceptors (Lipinski definition) is 2. The molecule has 17 heavy (non-hydrogen) atoms. The van der Waals surface area contributed by atoms with Gasteiger partial charge in [-0.3, -0.25) is 4.98 Å². The molecule has 1 aromatic carbocycles. The van der Waals surface area contributed by atoms with Gasteiger partial charge in [-0.25, -0.2) is 4.79 Å². The van der Waals surface area contributed by atoms with Gasteiger partial charge in [0.15, 0.2) is 0 Å². The fourth-order valence-corrected chi connectivity index (χ4v) is 1.54. The number of pyridine rings is 1. The minimum absolute atomic E-state index is 0.220. The van der Waals surface area contributed by atoms with Gasteiger partial charge in [-0.05, 0) is 59.0 Å². The van der Waals surface area contributed by atoms with E-state index in [1.165, 1.54) is 22.0 Å². The van der Waals surface area contributed by atoms with E-state index in [1.54, 1.807) is 6.07 Å². The zero-order valence-corrected chi connectivity index (χ0v) is 12.4. The quantitative estimate of drug-likeness (QED) is 0.733. The summed E-state index contributed by atoms with van der Waals surface area (Å²) in [5, 5.41) is 8.34. The molecule has 0 aliphatic rings. The number of carbonyl (C=O) groups is 1. The average Bonchev–Trinajstić information content (AvgIpc) is 2.35. The predicted octanol–water partition coefficient (Wildman–Crippen LogP) is 3.83. The van der Waals surface area contributed by atoms with Crippen molar-refractivity contribution in [1.29, 1.82) is 0 Å². The number of benzene rings is 1. The monoisotopic (exact) mass is 405 g/mol. The minimum Gasteiger partial charge on any atom is -0.478 e. The van der Waals surface area contributed by atoms with Crippen molar-refractivity contribution >= 4 is 44.5 Å². The van der Waals surface area contributed by atoms with E-state index in [0.717, 1.165) is 4.47 Å². The molecule has 1 aromatic heterocycles. The van der Waals surface area contributed by atoms with Crippen molar-refractivity contribution in [2.45, 2.75) is 0 Å². The van der Waals surface area contributed by atoms with Gasteiger partial charge < -0.3 is 5.11 Å². The van der Waals surface area contributed by atoms with Gasteiger partial charge in [0.05, 0.1) is 5.56 Å². The number of aromatic carboxylic acids is 1. The van der Waals surface area contributed by atoms with E-state index >= 15 is 0 Å².